The summed E-state index contributed by atoms with van der Waals surface area (Å²) in [7, 11) is -3.66. The first-order valence-electron chi connectivity index (χ1n) is 8.63. The lowest BCUT2D eigenvalue weighted by atomic mass is 10.2. The average Bonchev–Trinajstić information content (AvgIpc) is 2.51. The summed E-state index contributed by atoms with van der Waals surface area (Å²) in [6, 6.07) is 4.26. The van der Waals surface area contributed by atoms with Gasteiger partial charge in [-0.3, -0.25) is 0 Å². The third-order valence-electron chi connectivity index (χ3n) is 3.23. The van der Waals surface area contributed by atoms with E-state index in [1.807, 2.05) is 0 Å². The Balaban J connectivity index is 2.14. The van der Waals surface area contributed by atoms with Crippen molar-refractivity contribution in [2.75, 3.05) is 26.2 Å². The second kappa shape index (κ2) is 11.1. The summed E-state index contributed by atoms with van der Waals surface area (Å²) in [4.78, 5) is 11.5. The molecule has 27 heavy (non-hydrogen) atoms. The first-order chi connectivity index (χ1) is 12.5. The van der Waals surface area contributed by atoms with Crippen molar-refractivity contribution < 1.29 is 17.9 Å². The van der Waals surface area contributed by atoms with Gasteiger partial charge >= 0.3 is 6.09 Å². The smallest absolute Gasteiger partial charge is 0.407 e. The molecule has 0 aliphatic carbocycles. The van der Waals surface area contributed by atoms with Crippen LogP contribution in [-0.2, 0) is 14.8 Å². The highest BCUT2D eigenvalue weighted by molar-refractivity contribution is 7.89. The maximum absolute atomic E-state index is 12.2. The third kappa shape index (κ3) is 10.2. The van der Waals surface area contributed by atoms with E-state index in [-0.39, 0.29) is 9.92 Å². The summed E-state index contributed by atoms with van der Waals surface area (Å²) in [5.41, 5.74) is -0.513. The Morgan fingerprint density at radius 2 is 1.74 bits per heavy atom. The second-order valence-electron chi connectivity index (χ2n) is 6.86. The number of carbonyl (C=O) groups is 1. The Morgan fingerprint density at radius 3 is 2.37 bits per heavy atom. The monoisotopic (exact) mass is 439 g/mol. The van der Waals surface area contributed by atoms with Gasteiger partial charge in [0.15, 0.2) is 0 Å². The molecule has 0 aliphatic rings. The third-order valence-corrected chi connectivity index (χ3v) is 5.40. The lowest BCUT2D eigenvalue weighted by Gasteiger charge is -2.19. The second-order valence-corrected chi connectivity index (χ2v) is 9.44. The van der Waals surface area contributed by atoms with Gasteiger partial charge in [-0.05, 0) is 58.4 Å². The zero-order valence-corrected chi connectivity index (χ0v) is 18.1. The highest BCUT2D eigenvalue weighted by Crippen LogP contribution is 2.24. The van der Waals surface area contributed by atoms with E-state index < -0.39 is 21.7 Å². The molecule has 1 aromatic carbocycles. The molecule has 7 nitrogen and oxygen atoms in total. The van der Waals surface area contributed by atoms with E-state index in [4.69, 9.17) is 27.9 Å². The Morgan fingerprint density at radius 1 is 1.07 bits per heavy atom. The zero-order chi connectivity index (χ0) is 20.5. The molecule has 0 bridgehead atoms. The van der Waals surface area contributed by atoms with Crippen LogP contribution in [0.5, 0.6) is 0 Å². The van der Waals surface area contributed by atoms with Gasteiger partial charge < -0.3 is 15.4 Å². The number of nitrogens with one attached hydrogen (secondary N) is 3. The van der Waals surface area contributed by atoms with Gasteiger partial charge in [0.05, 0.1) is 5.02 Å². The number of hydrogen-bond donors (Lipinski definition) is 3. The molecule has 0 unspecified atom stereocenters. The molecule has 3 N–H and O–H groups in total. The molecule has 0 aliphatic heterocycles. The minimum atomic E-state index is -3.66. The van der Waals surface area contributed by atoms with Crippen molar-refractivity contribution >= 4 is 39.3 Å². The van der Waals surface area contributed by atoms with E-state index in [1.54, 1.807) is 20.8 Å². The summed E-state index contributed by atoms with van der Waals surface area (Å²) < 4.78 is 32.0. The number of hydrogen-bond acceptors (Lipinski definition) is 5. The summed E-state index contributed by atoms with van der Waals surface area (Å²) >= 11 is 11.7. The lowest BCUT2D eigenvalue weighted by Crippen LogP contribution is -2.36. The summed E-state index contributed by atoms with van der Waals surface area (Å²) in [5.74, 6) is 0. The molecule has 1 rings (SSSR count). The Kier molecular flexibility index (Phi) is 9.83. The van der Waals surface area contributed by atoms with Crippen LogP contribution in [0, 0.1) is 0 Å². The molecule has 0 aromatic heterocycles. The van der Waals surface area contributed by atoms with Crippen molar-refractivity contribution in [3.8, 4) is 0 Å². The van der Waals surface area contributed by atoms with Crippen molar-refractivity contribution in [3.63, 3.8) is 0 Å². The number of amides is 1. The van der Waals surface area contributed by atoms with Gasteiger partial charge in [-0.15, -0.1) is 0 Å². The van der Waals surface area contributed by atoms with Crippen LogP contribution < -0.4 is 15.4 Å². The number of carbonyl (C=O) groups excluding carboxylic acids is 1. The van der Waals surface area contributed by atoms with E-state index in [9.17, 15) is 13.2 Å². The zero-order valence-electron chi connectivity index (χ0n) is 15.8. The van der Waals surface area contributed by atoms with Gasteiger partial charge in [0.1, 0.15) is 10.5 Å². The van der Waals surface area contributed by atoms with Crippen molar-refractivity contribution in [1.82, 2.24) is 15.4 Å². The molecule has 0 fully saturated rings. The van der Waals surface area contributed by atoms with Crippen LogP contribution >= 0.6 is 23.2 Å². The Labute approximate surface area is 171 Å². The Bertz CT molecular complexity index is 721. The fourth-order valence-electron chi connectivity index (χ4n) is 2.04. The van der Waals surface area contributed by atoms with Gasteiger partial charge in [0.2, 0.25) is 10.0 Å². The van der Waals surface area contributed by atoms with Crippen LogP contribution in [0.15, 0.2) is 23.1 Å². The molecule has 0 radical (unpaired) electrons. The normalized spacial score (nSPS) is 12.0. The van der Waals surface area contributed by atoms with Crippen molar-refractivity contribution in [2.45, 2.75) is 44.1 Å². The number of alkyl carbamates (subject to hydrolysis) is 1. The van der Waals surface area contributed by atoms with Crippen molar-refractivity contribution in [2.24, 2.45) is 0 Å². The van der Waals surface area contributed by atoms with Gasteiger partial charge in [-0.25, -0.2) is 17.9 Å². The molecule has 154 valence electrons. The molecule has 0 saturated carbocycles. The number of ether oxygens (including phenoxy) is 1. The van der Waals surface area contributed by atoms with Crippen molar-refractivity contribution in [1.29, 1.82) is 0 Å². The quantitative estimate of drug-likeness (QED) is 0.486. The molecule has 1 amide bonds. The van der Waals surface area contributed by atoms with Crippen molar-refractivity contribution in [3.05, 3.63) is 28.2 Å². The first kappa shape index (κ1) is 24.0. The maximum Gasteiger partial charge on any atom is 0.407 e. The van der Waals surface area contributed by atoms with E-state index in [1.165, 1.54) is 18.2 Å². The number of rotatable bonds is 10. The molecule has 0 spiro atoms. The first-order valence-corrected chi connectivity index (χ1v) is 10.9. The predicted octanol–water partition coefficient (Wildman–Crippen LogP) is 3.17. The highest BCUT2D eigenvalue weighted by atomic mass is 35.5. The largest absolute Gasteiger partial charge is 0.444 e. The minimum Gasteiger partial charge on any atom is -0.444 e. The summed E-state index contributed by atoms with van der Waals surface area (Å²) in [6.45, 7) is 7.49. The van der Waals surface area contributed by atoms with Crippen LogP contribution in [0.25, 0.3) is 0 Å². The molecule has 0 heterocycles. The number of sulfonamides is 1. The fraction of sp³-hybridized carbons (Fsp3) is 0.588. The number of halogens is 2. The van der Waals surface area contributed by atoms with Gasteiger partial charge in [-0.2, -0.15) is 0 Å². The fourth-order valence-corrected chi connectivity index (χ4v) is 3.89. The Hall–Kier alpha value is -1.06. The standard InChI is InChI=1S/C17H27Cl2N3O4S/c1-17(2,3)26-16(23)21-11-10-20-8-4-5-9-22-27(24,25)15-7-6-13(18)12-14(15)19/h6-7,12,20,22H,4-5,8-11H2,1-3H3,(H,21,23). The maximum atomic E-state index is 12.2. The van der Waals surface area contributed by atoms with Crippen LogP contribution in [-0.4, -0.2) is 46.3 Å². The molecular formula is C17H27Cl2N3O4S. The summed E-state index contributed by atoms with van der Waals surface area (Å²) in [5, 5.41) is 6.29. The lowest BCUT2D eigenvalue weighted by molar-refractivity contribution is 0.0528. The van der Waals surface area contributed by atoms with Gasteiger partial charge in [-0.1, -0.05) is 23.2 Å². The number of benzene rings is 1. The molecule has 1 aromatic rings. The van der Waals surface area contributed by atoms with Crippen LogP contribution in [0.1, 0.15) is 33.6 Å². The van der Waals surface area contributed by atoms with Crippen LogP contribution in [0.4, 0.5) is 4.79 Å². The van der Waals surface area contributed by atoms with E-state index in [0.717, 1.165) is 6.42 Å². The molecule has 10 heteroatoms. The number of unbranched alkanes of at least 4 members (excludes halogenated alkanes) is 1. The molecule has 0 saturated heterocycles. The summed E-state index contributed by atoms with van der Waals surface area (Å²) in [6.07, 6.45) is 1.000. The molecular weight excluding hydrogens is 413 g/mol. The average molecular weight is 440 g/mol. The van der Waals surface area contributed by atoms with Gasteiger partial charge in [0.25, 0.3) is 0 Å². The van der Waals surface area contributed by atoms with Crippen LogP contribution in [0.3, 0.4) is 0 Å². The van der Waals surface area contributed by atoms with Crippen LogP contribution in [0.2, 0.25) is 10.0 Å². The molecule has 0 atom stereocenters. The minimum absolute atomic E-state index is 0.0138. The van der Waals surface area contributed by atoms with E-state index in [0.29, 0.717) is 37.6 Å². The van der Waals surface area contributed by atoms with E-state index in [2.05, 4.69) is 15.4 Å². The highest BCUT2D eigenvalue weighted by Gasteiger charge is 2.17. The van der Waals surface area contributed by atoms with E-state index >= 15 is 0 Å². The predicted molar refractivity (Wildman–Crippen MR) is 108 cm³/mol. The SMILES string of the molecule is CC(C)(C)OC(=O)NCCNCCCCNS(=O)(=O)c1ccc(Cl)cc1Cl. The topological polar surface area (TPSA) is 96.5 Å². The van der Waals surface area contributed by atoms with Gasteiger partial charge in [0, 0.05) is 24.7 Å².